The standard InChI is InChI=1S/C29H48N5O5P/c1-25(21-34-23-33-27-28(30)31-22-32-29(27)34)38-24-40(35,36)39-20-14-19-37-18-13-11-9-7-5-3-2-4-6-8-10-12-15-26-16-17-26/h22-23,25-26H,2-11,13-14,16-21,24H2,1H3,(H,35,36)(H2,30,31,32)/t25-/m1/s1. The molecule has 1 aliphatic carbocycles. The minimum absolute atomic E-state index is 0.155. The molecule has 0 radical (unpaired) electrons. The maximum Gasteiger partial charge on any atom is 0.353 e. The molecule has 3 rings (SSSR count). The van der Waals surface area contributed by atoms with E-state index < -0.39 is 7.60 Å². The van der Waals surface area contributed by atoms with E-state index in [1.165, 1.54) is 77.0 Å². The fourth-order valence-electron chi connectivity index (χ4n) is 4.37. The summed E-state index contributed by atoms with van der Waals surface area (Å²) in [7, 11) is -3.84. The highest BCUT2D eigenvalue weighted by molar-refractivity contribution is 7.52. The topological polar surface area (TPSA) is 135 Å². The monoisotopic (exact) mass is 577 g/mol. The molecule has 1 unspecified atom stereocenters. The molecule has 0 saturated heterocycles. The summed E-state index contributed by atoms with van der Waals surface area (Å²) in [5, 5.41) is 0. The second-order valence-electron chi connectivity index (χ2n) is 10.8. The number of imidazole rings is 1. The van der Waals surface area contributed by atoms with Gasteiger partial charge in [0.2, 0.25) is 0 Å². The number of hydrogen-bond acceptors (Lipinski definition) is 8. The summed E-state index contributed by atoms with van der Waals surface area (Å²) in [6.45, 7) is 3.60. The summed E-state index contributed by atoms with van der Waals surface area (Å²) in [5.41, 5.74) is 6.91. The van der Waals surface area contributed by atoms with Crippen molar-refractivity contribution in [2.24, 2.45) is 5.92 Å². The lowest BCUT2D eigenvalue weighted by atomic mass is 10.1. The van der Waals surface area contributed by atoms with Crippen molar-refractivity contribution >= 4 is 24.6 Å². The molecule has 10 nitrogen and oxygen atoms in total. The van der Waals surface area contributed by atoms with Gasteiger partial charge in [-0.05, 0) is 39.0 Å². The Kier molecular flexibility index (Phi) is 15.0. The van der Waals surface area contributed by atoms with Crippen LogP contribution in [0.25, 0.3) is 11.2 Å². The Labute approximate surface area is 239 Å². The van der Waals surface area contributed by atoms with Crippen LogP contribution in [-0.2, 0) is 25.1 Å². The summed E-state index contributed by atoms with van der Waals surface area (Å²) >= 11 is 0. The van der Waals surface area contributed by atoms with Crippen molar-refractivity contribution in [2.75, 3.05) is 31.9 Å². The Balaban J connectivity index is 1.08. The van der Waals surface area contributed by atoms with Crippen LogP contribution >= 0.6 is 7.60 Å². The van der Waals surface area contributed by atoms with Crippen LogP contribution < -0.4 is 5.73 Å². The van der Waals surface area contributed by atoms with Crippen molar-refractivity contribution < 1.29 is 23.5 Å². The van der Waals surface area contributed by atoms with Crippen LogP contribution in [0.4, 0.5) is 5.82 Å². The predicted molar refractivity (Wildman–Crippen MR) is 158 cm³/mol. The largest absolute Gasteiger partial charge is 0.382 e. The molecule has 2 heterocycles. The van der Waals surface area contributed by atoms with Gasteiger partial charge in [0.1, 0.15) is 18.2 Å². The second kappa shape index (κ2) is 18.4. The Hall–Kier alpha value is -2.02. The third-order valence-corrected chi connectivity index (χ3v) is 7.92. The average Bonchev–Trinajstić information content (AvgIpc) is 3.67. The highest BCUT2D eigenvalue weighted by Gasteiger charge is 2.22. The Bertz CT molecular complexity index is 1100. The highest BCUT2D eigenvalue weighted by atomic mass is 31.2. The smallest absolute Gasteiger partial charge is 0.353 e. The first kappa shape index (κ1) is 32.5. The van der Waals surface area contributed by atoms with Crippen LogP contribution in [0.5, 0.6) is 0 Å². The van der Waals surface area contributed by atoms with E-state index >= 15 is 0 Å². The SMILES string of the molecule is C[C@H](Cn1cnc2c(N)ncnc21)OCP(=O)(O)OCCCOCCCCCCCCCCCCC#CC1CC1. The molecular formula is C29H48N5O5P. The molecule has 0 aromatic carbocycles. The number of nitrogens with two attached hydrogens (primary N) is 1. The Morgan fingerprint density at radius 2 is 1.68 bits per heavy atom. The highest BCUT2D eigenvalue weighted by Crippen LogP contribution is 2.42. The molecule has 1 fully saturated rings. The van der Waals surface area contributed by atoms with Crippen molar-refractivity contribution in [3.63, 3.8) is 0 Å². The zero-order valence-corrected chi connectivity index (χ0v) is 25.0. The summed E-state index contributed by atoms with van der Waals surface area (Å²) < 4.78 is 30.4. The van der Waals surface area contributed by atoms with E-state index in [-0.39, 0.29) is 19.1 Å². The summed E-state index contributed by atoms with van der Waals surface area (Å²) in [5.74, 6) is 7.70. The summed E-state index contributed by atoms with van der Waals surface area (Å²) in [6.07, 6.45) is 19.3. The van der Waals surface area contributed by atoms with Crippen molar-refractivity contribution in [1.82, 2.24) is 19.5 Å². The molecule has 2 aromatic heterocycles. The van der Waals surface area contributed by atoms with E-state index in [9.17, 15) is 9.46 Å². The Morgan fingerprint density at radius 1 is 1.00 bits per heavy atom. The predicted octanol–water partition coefficient (Wildman–Crippen LogP) is 6.08. The molecule has 1 aliphatic rings. The molecular weight excluding hydrogens is 529 g/mol. The van der Waals surface area contributed by atoms with Gasteiger partial charge in [0, 0.05) is 25.6 Å². The molecule has 11 heteroatoms. The lowest BCUT2D eigenvalue weighted by molar-refractivity contribution is 0.0688. The van der Waals surface area contributed by atoms with E-state index in [4.69, 9.17) is 19.7 Å². The van der Waals surface area contributed by atoms with Gasteiger partial charge >= 0.3 is 7.60 Å². The maximum atomic E-state index is 12.3. The van der Waals surface area contributed by atoms with Crippen molar-refractivity contribution in [3.05, 3.63) is 12.7 Å². The summed E-state index contributed by atoms with van der Waals surface area (Å²) in [4.78, 5) is 22.4. The van der Waals surface area contributed by atoms with Gasteiger partial charge in [-0.25, -0.2) is 15.0 Å². The van der Waals surface area contributed by atoms with Crippen molar-refractivity contribution in [1.29, 1.82) is 0 Å². The number of fused-ring (bicyclic) bond motifs is 1. The van der Waals surface area contributed by atoms with Crippen molar-refractivity contribution in [3.8, 4) is 11.8 Å². The maximum absolute atomic E-state index is 12.3. The van der Waals surface area contributed by atoms with E-state index in [0.29, 0.717) is 36.6 Å². The third kappa shape index (κ3) is 13.6. The third-order valence-electron chi connectivity index (χ3n) is 6.86. The molecule has 2 aromatic rings. The molecule has 224 valence electrons. The van der Waals surface area contributed by atoms with Gasteiger partial charge < -0.3 is 29.2 Å². The first-order valence-electron chi connectivity index (χ1n) is 15.0. The number of nitrogen functional groups attached to an aromatic ring is 1. The number of anilines is 1. The number of hydrogen-bond donors (Lipinski definition) is 2. The van der Waals surface area contributed by atoms with Crippen LogP contribution in [0.2, 0.25) is 0 Å². The minimum Gasteiger partial charge on any atom is -0.382 e. The van der Waals surface area contributed by atoms with Gasteiger partial charge in [0.15, 0.2) is 11.5 Å². The minimum atomic E-state index is -3.84. The van der Waals surface area contributed by atoms with Crippen LogP contribution in [0.3, 0.4) is 0 Å². The number of rotatable bonds is 22. The first-order valence-corrected chi connectivity index (χ1v) is 16.8. The van der Waals surface area contributed by atoms with Gasteiger partial charge in [-0.3, -0.25) is 4.57 Å². The fourth-order valence-corrected chi connectivity index (χ4v) is 5.30. The number of nitrogens with zero attached hydrogens (tertiary/aromatic N) is 4. The first-order chi connectivity index (χ1) is 19.4. The zero-order chi connectivity index (χ0) is 28.5. The number of unbranched alkanes of at least 4 members (excludes halogenated alkanes) is 10. The van der Waals surface area contributed by atoms with Crippen LogP contribution in [0.15, 0.2) is 12.7 Å². The molecule has 0 amide bonds. The van der Waals surface area contributed by atoms with Crippen LogP contribution in [0.1, 0.15) is 96.8 Å². The lowest BCUT2D eigenvalue weighted by Crippen LogP contribution is -2.17. The second-order valence-corrected chi connectivity index (χ2v) is 12.5. The summed E-state index contributed by atoms with van der Waals surface area (Å²) in [6, 6.07) is 0. The van der Waals surface area contributed by atoms with E-state index in [1.54, 1.807) is 17.8 Å². The molecule has 1 saturated carbocycles. The molecule has 40 heavy (non-hydrogen) atoms. The van der Waals surface area contributed by atoms with Gasteiger partial charge in [-0.2, -0.15) is 0 Å². The molecule has 0 bridgehead atoms. The van der Waals surface area contributed by atoms with Gasteiger partial charge in [-0.1, -0.05) is 57.3 Å². The van der Waals surface area contributed by atoms with Gasteiger partial charge in [0.05, 0.1) is 25.6 Å². The normalized spacial score (nSPS) is 15.6. The van der Waals surface area contributed by atoms with Crippen LogP contribution in [0, 0.1) is 17.8 Å². The average molecular weight is 578 g/mol. The Morgan fingerprint density at radius 3 is 2.40 bits per heavy atom. The lowest BCUT2D eigenvalue weighted by Gasteiger charge is -2.17. The van der Waals surface area contributed by atoms with E-state index in [2.05, 4.69) is 26.8 Å². The quantitative estimate of drug-likeness (QED) is 0.0969. The van der Waals surface area contributed by atoms with Crippen molar-refractivity contribution in [2.45, 2.75) is 109 Å². The fraction of sp³-hybridized carbons (Fsp3) is 0.759. The molecule has 0 aliphatic heterocycles. The molecule has 0 spiro atoms. The van der Waals surface area contributed by atoms with E-state index in [1.807, 2.05) is 0 Å². The number of aromatic nitrogens is 4. The molecule has 2 atom stereocenters. The van der Waals surface area contributed by atoms with Crippen LogP contribution in [-0.4, -0.2) is 56.7 Å². The van der Waals surface area contributed by atoms with E-state index in [0.717, 1.165) is 25.4 Å². The van der Waals surface area contributed by atoms with Gasteiger partial charge in [-0.15, -0.1) is 5.92 Å². The van der Waals surface area contributed by atoms with Gasteiger partial charge in [0.25, 0.3) is 0 Å². The molecule has 3 N–H and O–H groups in total. The zero-order valence-electron chi connectivity index (χ0n) is 24.1. The number of ether oxygens (including phenoxy) is 2.